The Balaban J connectivity index is 2.07. The molecule has 1 aromatic heterocycles. The third kappa shape index (κ3) is 3.16. The van der Waals surface area contributed by atoms with Crippen LogP contribution in [0.1, 0.15) is 44.7 Å². The standard InChI is InChI=1S/C13H20N4S/c1-2-9-5-3-4-6-10(9)16-13-15-8-7-11(17-13)12(14)18/h7-10H,2-6H2,1H3,(H2,14,18)(H,15,16,17). The van der Waals surface area contributed by atoms with Crippen molar-refractivity contribution in [3.8, 4) is 0 Å². The summed E-state index contributed by atoms with van der Waals surface area (Å²) in [5.41, 5.74) is 6.21. The first-order chi connectivity index (χ1) is 8.70. The van der Waals surface area contributed by atoms with Gasteiger partial charge in [-0.3, -0.25) is 0 Å². The molecule has 5 heteroatoms. The summed E-state index contributed by atoms with van der Waals surface area (Å²) in [6, 6.07) is 2.22. The van der Waals surface area contributed by atoms with E-state index >= 15 is 0 Å². The van der Waals surface area contributed by atoms with E-state index in [4.69, 9.17) is 18.0 Å². The number of nitrogens with one attached hydrogen (secondary N) is 1. The predicted molar refractivity (Wildman–Crippen MR) is 77.6 cm³/mol. The van der Waals surface area contributed by atoms with Gasteiger partial charge < -0.3 is 11.1 Å². The molecular weight excluding hydrogens is 244 g/mol. The van der Waals surface area contributed by atoms with Gasteiger partial charge in [-0.15, -0.1) is 0 Å². The van der Waals surface area contributed by atoms with Crippen LogP contribution in [-0.2, 0) is 0 Å². The van der Waals surface area contributed by atoms with Gasteiger partial charge >= 0.3 is 0 Å². The lowest BCUT2D eigenvalue weighted by atomic mass is 9.83. The summed E-state index contributed by atoms with van der Waals surface area (Å²) in [5, 5.41) is 3.44. The Hall–Kier alpha value is -1.23. The van der Waals surface area contributed by atoms with Crippen LogP contribution < -0.4 is 11.1 Å². The third-order valence-corrected chi connectivity index (χ3v) is 3.87. The van der Waals surface area contributed by atoms with Gasteiger partial charge in [0.1, 0.15) is 10.7 Å². The topological polar surface area (TPSA) is 63.8 Å². The number of nitrogens with two attached hydrogens (primary N) is 1. The molecule has 0 amide bonds. The van der Waals surface area contributed by atoms with Gasteiger partial charge in [-0.1, -0.05) is 38.4 Å². The Morgan fingerprint density at radius 1 is 1.50 bits per heavy atom. The molecule has 0 aliphatic heterocycles. The normalized spacial score (nSPS) is 23.6. The van der Waals surface area contributed by atoms with E-state index in [1.165, 1.54) is 32.1 Å². The highest BCUT2D eigenvalue weighted by atomic mass is 32.1. The minimum absolute atomic E-state index is 0.316. The molecule has 0 bridgehead atoms. The number of thiocarbonyl (C=S) groups is 1. The van der Waals surface area contributed by atoms with Gasteiger partial charge in [0, 0.05) is 12.2 Å². The number of aromatic nitrogens is 2. The van der Waals surface area contributed by atoms with Gasteiger partial charge in [0.05, 0.1) is 0 Å². The molecule has 2 unspecified atom stereocenters. The van der Waals surface area contributed by atoms with Crippen molar-refractivity contribution >= 4 is 23.2 Å². The van der Waals surface area contributed by atoms with Gasteiger partial charge in [0.25, 0.3) is 0 Å². The molecule has 2 rings (SSSR count). The first-order valence-corrected chi connectivity index (χ1v) is 7.01. The van der Waals surface area contributed by atoms with Gasteiger partial charge in [0.15, 0.2) is 0 Å². The average molecular weight is 264 g/mol. The van der Waals surface area contributed by atoms with E-state index in [9.17, 15) is 0 Å². The molecule has 1 saturated carbocycles. The van der Waals surface area contributed by atoms with E-state index in [-0.39, 0.29) is 0 Å². The van der Waals surface area contributed by atoms with Crippen LogP contribution in [-0.4, -0.2) is 21.0 Å². The number of nitrogens with zero attached hydrogens (tertiary/aromatic N) is 2. The van der Waals surface area contributed by atoms with Crippen molar-refractivity contribution in [2.45, 2.75) is 45.1 Å². The van der Waals surface area contributed by atoms with Crippen LogP contribution in [0, 0.1) is 5.92 Å². The van der Waals surface area contributed by atoms with Crippen molar-refractivity contribution in [3.63, 3.8) is 0 Å². The second-order valence-corrected chi connectivity index (χ2v) is 5.27. The lowest BCUT2D eigenvalue weighted by molar-refractivity contribution is 0.316. The van der Waals surface area contributed by atoms with Crippen LogP contribution >= 0.6 is 12.2 Å². The maximum absolute atomic E-state index is 5.58. The van der Waals surface area contributed by atoms with E-state index in [1.807, 2.05) is 0 Å². The van der Waals surface area contributed by atoms with E-state index in [0.717, 1.165) is 5.92 Å². The summed E-state index contributed by atoms with van der Waals surface area (Å²) in [6.45, 7) is 2.25. The van der Waals surface area contributed by atoms with Gasteiger partial charge in [-0.2, -0.15) is 0 Å². The van der Waals surface area contributed by atoms with Gasteiger partial charge in [-0.05, 0) is 24.8 Å². The summed E-state index contributed by atoms with van der Waals surface area (Å²) in [7, 11) is 0. The molecule has 1 fully saturated rings. The van der Waals surface area contributed by atoms with Crippen LogP contribution in [0.4, 0.5) is 5.95 Å². The SMILES string of the molecule is CCC1CCCCC1Nc1nccc(C(N)=S)n1. The fraction of sp³-hybridized carbons (Fsp3) is 0.615. The highest BCUT2D eigenvalue weighted by molar-refractivity contribution is 7.80. The zero-order valence-electron chi connectivity index (χ0n) is 10.7. The smallest absolute Gasteiger partial charge is 0.223 e. The van der Waals surface area contributed by atoms with Gasteiger partial charge in [0.2, 0.25) is 5.95 Å². The molecule has 2 atom stereocenters. The minimum atomic E-state index is 0.316. The molecule has 0 spiro atoms. The van der Waals surface area contributed by atoms with Gasteiger partial charge in [-0.25, -0.2) is 9.97 Å². The molecule has 1 aliphatic rings. The maximum Gasteiger partial charge on any atom is 0.223 e. The van der Waals surface area contributed by atoms with Crippen LogP contribution in [0.15, 0.2) is 12.3 Å². The molecule has 0 aromatic carbocycles. The summed E-state index contributed by atoms with van der Waals surface area (Å²) in [6.07, 6.45) is 8.01. The first kappa shape index (κ1) is 13.2. The van der Waals surface area contributed by atoms with Crippen molar-refractivity contribution in [2.24, 2.45) is 11.7 Å². The fourth-order valence-corrected chi connectivity index (χ4v) is 2.73. The first-order valence-electron chi connectivity index (χ1n) is 6.60. The van der Waals surface area contributed by atoms with Crippen molar-refractivity contribution in [2.75, 3.05) is 5.32 Å². The molecule has 1 aromatic rings. The Kier molecular flexibility index (Phi) is 4.47. The minimum Gasteiger partial charge on any atom is -0.388 e. The molecule has 1 heterocycles. The number of anilines is 1. The zero-order valence-corrected chi connectivity index (χ0v) is 11.5. The maximum atomic E-state index is 5.58. The van der Waals surface area contributed by atoms with Crippen molar-refractivity contribution < 1.29 is 0 Å². The molecule has 0 radical (unpaired) electrons. The number of hydrogen-bond donors (Lipinski definition) is 2. The third-order valence-electron chi connectivity index (χ3n) is 3.66. The lowest BCUT2D eigenvalue weighted by Crippen LogP contribution is -2.32. The van der Waals surface area contributed by atoms with E-state index in [2.05, 4.69) is 22.2 Å². The van der Waals surface area contributed by atoms with Crippen molar-refractivity contribution in [3.05, 3.63) is 18.0 Å². The van der Waals surface area contributed by atoms with E-state index in [1.54, 1.807) is 12.3 Å². The Morgan fingerprint density at radius 3 is 3.00 bits per heavy atom. The molecule has 3 N–H and O–H groups in total. The van der Waals surface area contributed by atoms with Crippen LogP contribution in [0.5, 0.6) is 0 Å². The number of hydrogen-bond acceptors (Lipinski definition) is 4. The summed E-state index contributed by atoms with van der Waals surface area (Å²) >= 11 is 4.93. The monoisotopic (exact) mass is 264 g/mol. The highest BCUT2D eigenvalue weighted by Gasteiger charge is 2.24. The molecule has 98 valence electrons. The quantitative estimate of drug-likeness (QED) is 0.818. The van der Waals surface area contributed by atoms with Crippen LogP contribution in [0.2, 0.25) is 0 Å². The van der Waals surface area contributed by atoms with Crippen molar-refractivity contribution in [1.29, 1.82) is 0 Å². The predicted octanol–water partition coefficient (Wildman–Crippen LogP) is 2.49. The number of rotatable bonds is 4. The molecule has 0 saturated heterocycles. The summed E-state index contributed by atoms with van der Waals surface area (Å²) < 4.78 is 0. The average Bonchev–Trinajstić information content (AvgIpc) is 2.39. The van der Waals surface area contributed by atoms with E-state index in [0.29, 0.717) is 22.7 Å². The largest absolute Gasteiger partial charge is 0.388 e. The summed E-state index contributed by atoms with van der Waals surface area (Å²) in [4.78, 5) is 8.91. The second-order valence-electron chi connectivity index (χ2n) is 4.83. The second kappa shape index (κ2) is 6.09. The van der Waals surface area contributed by atoms with E-state index < -0.39 is 0 Å². The molecule has 1 aliphatic carbocycles. The molecule has 4 nitrogen and oxygen atoms in total. The Morgan fingerprint density at radius 2 is 2.28 bits per heavy atom. The van der Waals surface area contributed by atoms with Crippen molar-refractivity contribution in [1.82, 2.24) is 9.97 Å². The highest BCUT2D eigenvalue weighted by Crippen LogP contribution is 2.28. The lowest BCUT2D eigenvalue weighted by Gasteiger charge is -2.31. The van der Waals surface area contributed by atoms with Crippen LogP contribution in [0.3, 0.4) is 0 Å². The Labute approximate surface area is 113 Å². The molecular formula is C13H20N4S. The zero-order chi connectivity index (χ0) is 13.0. The Bertz CT molecular complexity index is 421. The summed E-state index contributed by atoms with van der Waals surface area (Å²) in [5.74, 6) is 1.36. The van der Waals surface area contributed by atoms with Crippen LogP contribution in [0.25, 0.3) is 0 Å². The fourth-order valence-electron chi connectivity index (χ4n) is 2.62. The molecule has 18 heavy (non-hydrogen) atoms.